The standard InChI is InChI=1S/C15H19NO3/c1-2-11-18-13-9-7-12(8-10-13)15(17)16-19-14-5-3-4-6-14/h2,7-10,14H,1,3-6,11H2,(H,16,17). The Morgan fingerprint density at radius 3 is 2.63 bits per heavy atom. The van der Waals surface area contributed by atoms with Crippen LogP contribution in [0.1, 0.15) is 36.0 Å². The van der Waals surface area contributed by atoms with E-state index in [-0.39, 0.29) is 12.0 Å². The molecule has 1 aromatic rings. The molecule has 0 saturated heterocycles. The molecule has 1 aliphatic carbocycles. The Bertz CT molecular complexity index is 422. The van der Waals surface area contributed by atoms with Crippen molar-refractivity contribution < 1.29 is 14.4 Å². The summed E-state index contributed by atoms with van der Waals surface area (Å²) in [4.78, 5) is 17.2. The monoisotopic (exact) mass is 261 g/mol. The van der Waals surface area contributed by atoms with Gasteiger partial charge in [0.2, 0.25) is 0 Å². The van der Waals surface area contributed by atoms with Gasteiger partial charge in [-0.1, -0.05) is 25.5 Å². The van der Waals surface area contributed by atoms with Crippen LogP contribution in [0.3, 0.4) is 0 Å². The van der Waals surface area contributed by atoms with Gasteiger partial charge in [-0.05, 0) is 37.1 Å². The van der Waals surface area contributed by atoms with Gasteiger partial charge in [-0.3, -0.25) is 9.63 Å². The van der Waals surface area contributed by atoms with Crippen molar-refractivity contribution in [1.29, 1.82) is 0 Å². The lowest BCUT2D eigenvalue weighted by Crippen LogP contribution is -2.28. The minimum absolute atomic E-state index is 0.166. The molecule has 1 aliphatic rings. The molecule has 0 atom stereocenters. The zero-order valence-corrected chi connectivity index (χ0v) is 10.9. The molecule has 0 aromatic heterocycles. The minimum Gasteiger partial charge on any atom is -0.490 e. The average Bonchev–Trinajstić information content (AvgIpc) is 2.96. The fraction of sp³-hybridized carbons (Fsp3) is 0.400. The Hall–Kier alpha value is -1.81. The first kappa shape index (κ1) is 13.6. The maximum absolute atomic E-state index is 11.8. The Morgan fingerprint density at radius 1 is 1.32 bits per heavy atom. The molecule has 4 nitrogen and oxygen atoms in total. The van der Waals surface area contributed by atoms with Crippen molar-refractivity contribution in [2.75, 3.05) is 6.61 Å². The van der Waals surface area contributed by atoms with Gasteiger partial charge in [-0.25, -0.2) is 5.48 Å². The van der Waals surface area contributed by atoms with Crippen LogP contribution in [0.4, 0.5) is 0 Å². The first-order chi connectivity index (χ1) is 9.29. The molecule has 102 valence electrons. The van der Waals surface area contributed by atoms with Crippen molar-refractivity contribution in [3.63, 3.8) is 0 Å². The van der Waals surface area contributed by atoms with Crippen molar-refractivity contribution in [3.05, 3.63) is 42.5 Å². The highest BCUT2D eigenvalue weighted by molar-refractivity contribution is 5.93. The van der Waals surface area contributed by atoms with Crippen LogP contribution in [0, 0.1) is 0 Å². The minimum atomic E-state index is -0.220. The summed E-state index contributed by atoms with van der Waals surface area (Å²) in [5.74, 6) is 0.496. The summed E-state index contributed by atoms with van der Waals surface area (Å²) in [6.45, 7) is 4.03. The highest BCUT2D eigenvalue weighted by Gasteiger charge is 2.17. The second kappa shape index (κ2) is 6.95. The van der Waals surface area contributed by atoms with E-state index in [1.165, 1.54) is 12.8 Å². The summed E-state index contributed by atoms with van der Waals surface area (Å²) in [6, 6.07) is 6.94. The number of benzene rings is 1. The molecule has 1 amide bonds. The molecule has 0 spiro atoms. The maximum atomic E-state index is 11.8. The van der Waals surface area contributed by atoms with Gasteiger partial charge < -0.3 is 4.74 Å². The third kappa shape index (κ3) is 4.10. The lowest BCUT2D eigenvalue weighted by atomic mass is 10.2. The lowest BCUT2D eigenvalue weighted by molar-refractivity contribution is -0.0124. The van der Waals surface area contributed by atoms with E-state index in [1.807, 2.05) is 0 Å². The van der Waals surface area contributed by atoms with E-state index in [0.29, 0.717) is 17.9 Å². The van der Waals surface area contributed by atoms with Crippen molar-refractivity contribution in [2.45, 2.75) is 31.8 Å². The highest BCUT2D eigenvalue weighted by atomic mass is 16.7. The Morgan fingerprint density at radius 2 is 2.00 bits per heavy atom. The first-order valence-corrected chi connectivity index (χ1v) is 6.59. The van der Waals surface area contributed by atoms with E-state index < -0.39 is 0 Å². The molecule has 1 saturated carbocycles. The van der Waals surface area contributed by atoms with Gasteiger partial charge in [0.1, 0.15) is 12.4 Å². The van der Waals surface area contributed by atoms with Gasteiger partial charge in [-0.15, -0.1) is 0 Å². The van der Waals surface area contributed by atoms with Crippen molar-refractivity contribution in [3.8, 4) is 5.75 Å². The van der Waals surface area contributed by atoms with E-state index in [4.69, 9.17) is 9.57 Å². The zero-order valence-electron chi connectivity index (χ0n) is 10.9. The van der Waals surface area contributed by atoms with Crippen LogP contribution in [-0.4, -0.2) is 18.6 Å². The van der Waals surface area contributed by atoms with E-state index in [1.54, 1.807) is 30.3 Å². The highest BCUT2D eigenvalue weighted by Crippen LogP contribution is 2.20. The van der Waals surface area contributed by atoms with Crippen LogP contribution in [-0.2, 0) is 4.84 Å². The Kier molecular flexibility index (Phi) is 4.98. The fourth-order valence-electron chi connectivity index (χ4n) is 2.06. The van der Waals surface area contributed by atoms with Crippen LogP contribution in [0.5, 0.6) is 5.75 Å². The third-order valence-electron chi connectivity index (χ3n) is 3.10. The summed E-state index contributed by atoms with van der Waals surface area (Å²) >= 11 is 0. The van der Waals surface area contributed by atoms with Crippen LogP contribution < -0.4 is 10.2 Å². The number of ether oxygens (including phenoxy) is 1. The molecule has 4 heteroatoms. The van der Waals surface area contributed by atoms with Crippen molar-refractivity contribution in [2.24, 2.45) is 0 Å². The number of amides is 1. The Balaban J connectivity index is 1.82. The number of hydroxylamine groups is 1. The van der Waals surface area contributed by atoms with Gasteiger partial charge >= 0.3 is 0 Å². The van der Waals surface area contributed by atoms with Crippen molar-refractivity contribution in [1.82, 2.24) is 5.48 Å². The van der Waals surface area contributed by atoms with Gasteiger partial charge in [0.15, 0.2) is 0 Å². The fourth-order valence-corrected chi connectivity index (χ4v) is 2.06. The molecule has 1 fully saturated rings. The number of nitrogens with one attached hydrogen (secondary N) is 1. The molecule has 19 heavy (non-hydrogen) atoms. The number of hydrogen-bond donors (Lipinski definition) is 1. The van der Waals surface area contributed by atoms with E-state index in [0.717, 1.165) is 12.8 Å². The molecule has 1 N–H and O–H groups in total. The van der Waals surface area contributed by atoms with E-state index in [2.05, 4.69) is 12.1 Å². The van der Waals surface area contributed by atoms with Gasteiger partial charge in [-0.2, -0.15) is 0 Å². The molecule has 1 aromatic carbocycles. The molecule has 0 radical (unpaired) electrons. The first-order valence-electron chi connectivity index (χ1n) is 6.59. The summed E-state index contributed by atoms with van der Waals surface area (Å²) in [6.07, 6.45) is 6.24. The molecular formula is C15H19NO3. The van der Waals surface area contributed by atoms with Crippen LogP contribution >= 0.6 is 0 Å². The number of rotatable bonds is 6. The molecule has 0 aliphatic heterocycles. The van der Waals surface area contributed by atoms with Gasteiger partial charge in [0.25, 0.3) is 5.91 Å². The van der Waals surface area contributed by atoms with Gasteiger partial charge in [0, 0.05) is 5.56 Å². The molecular weight excluding hydrogens is 242 g/mol. The normalized spacial score (nSPS) is 15.2. The number of carbonyl (C=O) groups excluding carboxylic acids is 1. The summed E-state index contributed by atoms with van der Waals surface area (Å²) < 4.78 is 5.35. The SMILES string of the molecule is C=CCOc1ccc(C(=O)NOC2CCCC2)cc1. The van der Waals surface area contributed by atoms with E-state index >= 15 is 0 Å². The second-order valence-corrected chi connectivity index (χ2v) is 4.58. The molecule has 0 heterocycles. The molecule has 0 bridgehead atoms. The largest absolute Gasteiger partial charge is 0.490 e. The quantitative estimate of drug-likeness (QED) is 0.632. The zero-order chi connectivity index (χ0) is 13.5. The molecule has 0 unspecified atom stereocenters. The third-order valence-corrected chi connectivity index (χ3v) is 3.10. The smallest absolute Gasteiger partial charge is 0.274 e. The lowest BCUT2D eigenvalue weighted by Gasteiger charge is -2.11. The van der Waals surface area contributed by atoms with Crippen LogP contribution in [0.25, 0.3) is 0 Å². The summed E-state index contributed by atoms with van der Waals surface area (Å²) in [5.41, 5.74) is 3.07. The maximum Gasteiger partial charge on any atom is 0.274 e. The van der Waals surface area contributed by atoms with Gasteiger partial charge in [0.05, 0.1) is 6.10 Å². The average molecular weight is 261 g/mol. The summed E-state index contributed by atoms with van der Waals surface area (Å²) in [7, 11) is 0. The van der Waals surface area contributed by atoms with E-state index in [9.17, 15) is 4.79 Å². The van der Waals surface area contributed by atoms with Crippen LogP contribution in [0.15, 0.2) is 36.9 Å². The molecule has 2 rings (SSSR count). The topological polar surface area (TPSA) is 47.6 Å². The predicted molar refractivity (Wildman–Crippen MR) is 72.9 cm³/mol. The van der Waals surface area contributed by atoms with Crippen molar-refractivity contribution >= 4 is 5.91 Å². The summed E-state index contributed by atoms with van der Waals surface area (Å²) in [5, 5.41) is 0. The predicted octanol–water partition coefficient (Wildman–Crippen LogP) is 2.86. The number of hydrogen-bond acceptors (Lipinski definition) is 3. The number of carbonyl (C=O) groups is 1. The van der Waals surface area contributed by atoms with Crippen LogP contribution in [0.2, 0.25) is 0 Å². The Labute approximate surface area is 113 Å². The second-order valence-electron chi connectivity index (χ2n) is 4.58.